The lowest BCUT2D eigenvalue weighted by Gasteiger charge is -2.30. The Morgan fingerprint density at radius 2 is 1.90 bits per heavy atom. The van der Waals surface area contributed by atoms with Crippen LogP contribution in [0.15, 0.2) is 73.1 Å². The molecule has 0 saturated carbocycles. The van der Waals surface area contributed by atoms with Gasteiger partial charge in [0.05, 0.1) is 30.6 Å². The van der Waals surface area contributed by atoms with E-state index < -0.39 is 54.3 Å². The molecule has 3 aromatic heterocycles. The van der Waals surface area contributed by atoms with Crippen molar-refractivity contribution in [3.63, 3.8) is 0 Å². The molecule has 0 amide bonds. The second-order valence-corrected chi connectivity index (χ2v) is 15.8. The number of aromatic amines is 1. The summed E-state index contributed by atoms with van der Waals surface area (Å²) in [6.07, 6.45) is 3.43. The number of esters is 1. The first-order chi connectivity index (χ1) is 28.3. The van der Waals surface area contributed by atoms with Crippen molar-refractivity contribution in [3.8, 4) is 17.3 Å². The van der Waals surface area contributed by atoms with Crippen molar-refractivity contribution in [2.75, 3.05) is 20.3 Å². The van der Waals surface area contributed by atoms with Gasteiger partial charge in [0, 0.05) is 55.0 Å². The maximum atomic E-state index is 16.7. The van der Waals surface area contributed by atoms with Crippen LogP contribution in [-0.2, 0) is 44.4 Å². The molecule has 1 N–H and O–H groups in total. The van der Waals surface area contributed by atoms with Gasteiger partial charge in [0.15, 0.2) is 24.5 Å². The predicted octanol–water partition coefficient (Wildman–Crippen LogP) is 8.58. The van der Waals surface area contributed by atoms with E-state index in [2.05, 4.69) is 10.1 Å². The number of nitrogens with one attached hydrogen (secondary N) is 1. The van der Waals surface area contributed by atoms with Crippen LogP contribution in [0.25, 0.3) is 22.3 Å². The van der Waals surface area contributed by atoms with Gasteiger partial charge in [0.2, 0.25) is 5.88 Å². The maximum Gasteiger partial charge on any atom is 0.308 e. The number of ether oxygens (including phenoxy) is 4. The quantitative estimate of drug-likeness (QED) is 0.131. The molecule has 310 valence electrons. The van der Waals surface area contributed by atoms with Gasteiger partial charge in [-0.3, -0.25) is 9.48 Å². The van der Waals surface area contributed by atoms with Crippen LogP contribution in [0.4, 0.5) is 17.6 Å². The van der Waals surface area contributed by atoms with Gasteiger partial charge in [-0.2, -0.15) is 5.10 Å². The second kappa shape index (κ2) is 16.3. The van der Waals surface area contributed by atoms with Crippen LogP contribution in [-0.4, -0.2) is 68.0 Å². The van der Waals surface area contributed by atoms with Crippen molar-refractivity contribution in [3.05, 3.63) is 118 Å². The van der Waals surface area contributed by atoms with Crippen molar-refractivity contribution in [2.45, 2.75) is 82.6 Å². The number of hydrogen-bond donors (Lipinski definition) is 1. The van der Waals surface area contributed by atoms with E-state index in [1.807, 2.05) is 24.3 Å². The largest absolute Gasteiger partial charge is 0.470 e. The average molecular weight is 815 g/mol. The molecule has 0 aliphatic carbocycles. The summed E-state index contributed by atoms with van der Waals surface area (Å²) in [5.41, 5.74) is 1.93. The van der Waals surface area contributed by atoms with Gasteiger partial charge in [-0.15, -0.1) is 5.10 Å². The lowest BCUT2D eigenvalue weighted by molar-refractivity contribution is -0.182. The number of aryl methyl sites for hydroxylation is 1. The molecule has 2 aliphatic heterocycles. The highest BCUT2D eigenvalue weighted by Crippen LogP contribution is 2.42. The van der Waals surface area contributed by atoms with Crippen molar-refractivity contribution in [1.29, 1.82) is 0 Å². The van der Waals surface area contributed by atoms with E-state index in [9.17, 15) is 4.79 Å². The molecule has 0 spiro atoms. The summed E-state index contributed by atoms with van der Waals surface area (Å²) in [5, 5.41) is 9.90. The number of carbonyl (C=O) groups excluding carboxylic acids is 1. The third-order valence-corrected chi connectivity index (χ3v) is 11.5. The third-order valence-electron chi connectivity index (χ3n) is 11.5. The molecule has 15 heteroatoms. The average Bonchev–Trinajstić information content (AvgIpc) is 3.99. The van der Waals surface area contributed by atoms with Crippen molar-refractivity contribution in [1.82, 2.24) is 29.5 Å². The Bertz CT molecular complexity index is 2470. The highest BCUT2D eigenvalue weighted by Gasteiger charge is 2.40. The summed E-state index contributed by atoms with van der Waals surface area (Å²) in [5.74, 6) is -5.05. The number of halogens is 4. The number of fused-ring (bicyclic) bond motifs is 10. The molecule has 11 nitrogen and oxygen atoms in total. The summed E-state index contributed by atoms with van der Waals surface area (Å²) in [6, 6.07) is 16.5. The lowest BCUT2D eigenvalue weighted by atomic mass is 9.76. The Balaban J connectivity index is 1.30. The number of H-pyrrole nitrogens is 1. The van der Waals surface area contributed by atoms with Crippen LogP contribution >= 0.6 is 0 Å². The summed E-state index contributed by atoms with van der Waals surface area (Å²) in [4.78, 5) is 20.3. The van der Waals surface area contributed by atoms with Gasteiger partial charge in [-0.05, 0) is 85.5 Å². The smallest absolute Gasteiger partial charge is 0.308 e. The second-order valence-electron chi connectivity index (χ2n) is 15.8. The molecule has 3 unspecified atom stereocenters. The molecular formula is C44H46F4N6O5. The van der Waals surface area contributed by atoms with Gasteiger partial charge < -0.3 is 23.9 Å². The Hall–Kier alpha value is -5.54. The number of hydrogen-bond acceptors (Lipinski definition) is 8. The van der Waals surface area contributed by atoms with Crippen LogP contribution in [0.1, 0.15) is 85.7 Å². The monoisotopic (exact) mass is 814 g/mol. The van der Waals surface area contributed by atoms with E-state index in [4.69, 9.17) is 29.0 Å². The molecule has 59 heavy (non-hydrogen) atoms. The molecule has 1 saturated heterocycles. The van der Waals surface area contributed by atoms with Gasteiger partial charge >= 0.3 is 5.97 Å². The lowest BCUT2D eigenvalue weighted by Crippen LogP contribution is -2.32. The molecule has 5 heterocycles. The van der Waals surface area contributed by atoms with E-state index in [-0.39, 0.29) is 47.6 Å². The van der Waals surface area contributed by atoms with Crippen molar-refractivity contribution >= 4 is 16.9 Å². The fourth-order valence-corrected chi connectivity index (χ4v) is 8.15. The van der Waals surface area contributed by atoms with Crippen LogP contribution in [0.3, 0.4) is 0 Å². The number of alkyl halides is 2. The summed E-state index contributed by atoms with van der Waals surface area (Å²) in [7, 11) is 2.94. The van der Waals surface area contributed by atoms with E-state index in [0.717, 1.165) is 18.4 Å². The molecule has 0 radical (unpaired) electrons. The number of benzene rings is 3. The number of carbonyl (C=O) groups is 1. The first kappa shape index (κ1) is 40.2. The van der Waals surface area contributed by atoms with Crippen LogP contribution in [0, 0.1) is 17.6 Å². The molecule has 6 bridgehead atoms. The van der Waals surface area contributed by atoms with Gasteiger partial charge in [0.25, 0.3) is 5.92 Å². The Morgan fingerprint density at radius 1 is 1.05 bits per heavy atom. The fourth-order valence-electron chi connectivity index (χ4n) is 8.15. The minimum absolute atomic E-state index is 0.0244. The van der Waals surface area contributed by atoms with Crippen molar-refractivity contribution < 1.29 is 41.3 Å². The van der Waals surface area contributed by atoms with E-state index in [1.54, 1.807) is 51.5 Å². The fraction of sp³-hybridized carbons (Fsp3) is 0.409. The molecule has 4 atom stereocenters. The summed E-state index contributed by atoms with van der Waals surface area (Å²) >= 11 is 0. The van der Waals surface area contributed by atoms with Crippen molar-refractivity contribution in [2.24, 2.45) is 13.0 Å². The van der Waals surface area contributed by atoms with Gasteiger partial charge in [0.1, 0.15) is 17.7 Å². The SMILES string of the molecule is COC(=O)[C@@H](C)Cc1cccc(C2(C)CCC(F)(F)COc3ccn(n3)Cc3c(c(F)cc4[nH]ccc34)C(OC3CCCCO3)c3ccc(F)c(c3)-c3nc2nn3C)c1. The van der Waals surface area contributed by atoms with Gasteiger partial charge in [-0.25, -0.2) is 27.2 Å². The van der Waals surface area contributed by atoms with Gasteiger partial charge in [-0.1, -0.05) is 37.3 Å². The van der Waals surface area contributed by atoms with Crippen LogP contribution < -0.4 is 4.74 Å². The molecule has 2 aliphatic rings. The predicted molar refractivity (Wildman–Crippen MR) is 210 cm³/mol. The number of aromatic nitrogens is 6. The van der Waals surface area contributed by atoms with E-state index in [1.165, 1.54) is 34.7 Å². The maximum absolute atomic E-state index is 16.7. The zero-order valence-corrected chi connectivity index (χ0v) is 33.3. The number of nitrogens with zero attached hydrogens (tertiary/aromatic N) is 5. The summed E-state index contributed by atoms with van der Waals surface area (Å²) < 4.78 is 90.9. The Labute approximate surface area is 338 Å². The molecule has 1 fully saturated rings. The van der Waals surface area contributed by atoms with E-state index in [0.29, 0.717) is 47.0 Å². The molecule has 6 aromatic rings. The number of methoxy groups -OCH3 is 1. The zero-order chi connectivity index (χ0) is 41.5. The van der Waals surface area contributed by atoms with E-state index >= 15 is 17.6 Å². The Morgan fingerprint density at radius 3 is 2.69 bits per heavy atom. The summed E-state index contributed by atoms with van der Waals surface area (Å²) in [6.45, 7) is 3.07. The minimum Gasteiger partial charge on any atom is -0.470 e. The Kier molecular flexibility index (Phi) is 11.1. The number of rotatable bonds is 6. The first-order valence-electron chi connectivity index (χ1n) is 19.8. The molecule has 3 aromatic carbocycles. The van der Waals surface area contributed by atoms with Crippen LogP contribution in [0.2, 0.25) is 0 Å². The topological polar surface area (TPSA) is 118 Å². The normalized spacial score (nSPS) is 21.4. The zero-order valence-electron chi connectivity index (χ0n) is 33.3. The third kappa shape index (κ3) is 8.22. The highest BCUT2D eigenvalue weighted by molar-refractivity contribution is 5.85. The first-order valence-corrected chi connectivity index (χ1v) is 19.8. The molecular weight excluding hydrogens is 769 g/mol. The molecule has 8 rings (SSSR count). The standard InChI is InChI=1S/C44H46F4N6O5/c1-26(41(55)56-4)20-27-8-7-9-29(21-27)43(2)15-16-44(47,48)25-58-36-14-18-54(51-36)24-32-30-13-17-49-35(30)23-34(46)38(32)39(59-37-10-5-6-19-57-37)28-11-12-33(45)31(22-28)40-50-42(43)52-53(40)3/h7-9,11-14,17-18,21-23,26,37,39,49H,5-6,10,15-16,19-20,24-25H2,1-4H3/t26-,37?,39?,43?/m0/s1. The minimum atomic E-state index is -3.32. The van der Waals surface area contributed by atoms with Crippen LogP contribution in [0.5, 0.6) is 5.88 Å². The highest BCUT2D eigenvalue weighted by atomic mass is 19.3.